The van der Waals surface area contributed by atoms with Gasteiger partial charge in [-0.1, -0.05) is 0 Å². The van der Waals surface area contributed by atoms with Crippen molar-refractivity contribution in [3.63, 3.8) is 0 Å². The van der Waals surface area contributed by atoms with E-state index in [1.807, 2.05) is 0 Å². The van der Waals surface area contributed by atoms with Crippen LogP contribution in [-0.4, -0.2) is 23.8 Å². The second-order valence-corrected chi connectivity index (χ2v) is 2.26. The van der Waals surface area contributed by atoms with Gasteiger partial charge in [0.05, 0.1) is 11.9 Å². The van der Waals surface area contributed by atoms with Gasteiger partial charge in [-0.25, -0.2) is 10.9 Å². The summed E-state index contributed by atoms with van der Waals surface area (Å²) in [5.74, 6) is 9.66. The average molecular weight is 214 g/mol. The second-order valence-electron chi connectivity index (χ2n) is 2.26. The molecule has 84 valence electrons. The Morgan fingerprint density at radius 3 is 2.13 bits per heavy atom. The first-order valence-corrected chi connectivity index (χ1v) is 3.76. The maximum atomic E-state index is 5.21. The molecule has 0 aliphatic heterocycles. The van der Waals surface area contributed by atoms with Crippen molar-refractivity contribution in [3.8, 4) is 0 Å². The minimum Gasteiger partial charge on any atom is -0.367 e. The van der Waals surface area contributed by atoms with Gasteiger partial charge in [-0.2, -0.15) is 10.2 Å². The standard InChI is InChI=1S/C5H14N10/c1-3(13-15-5(7)12-9)2-10-14-4(6)11-8/h2H,8-9H2,1H3,(H3,6,11,14)(H3,7,12,15). The lowest BCUT2D eigenvalue weighted by molar-refractivity contribution is 0.980. The molecule has 10 N–H and O–H groups in total. The summed E-state index contributed by atoms with van der Waals surface area (Å²) in [7, 11) is 0. The van der Waals surface area contributed by atoms with Crippen molar-refractivity contribution in [1.29, 1.82) is 0 Å². The molecule has 0 aromatic carbocycles. The molecule has 0 unspecified atom stereocenters. The zero-order valence-electron chi connectivity index (χ0n) is 8.18. The van der Waals surface area contributed by atoms with E-state index < -0.39 is 0 Å². The molecule has 0 rings (SSSR count). The summed E-state index contributed by atoms with van der Waals surface area (Å²) < 4.78 is 0. The van der Waals surface area contributed by atoms with Gasteiger partial charge >= 0.3 is 0 Å². The minimum atomic E-state index is -0.0185. The van der Waals surface area contributed by atoms with Gasteiger partial charge in [-0.3, -0.25) is 0 Å². The van der Waals surface area contributed by atoms with Crippen LogP contribution in [0, 0.1) is 0 Å². The predicted octanol–water partition coefficient (Wildman–Crippen LogP) is -3.10. The highest BCUT2D eigenvalue weighted by molar-refractivity contribution is 6.29. The monoisotopic (exact) mass is 214 g/mol. The first-order chi connectivity index (χ1) is 7.10. The molecule has 15 heavy (non-hydrogen) atoms. The molecule has 0 aliphatic carbocycles. The summed E-state index contributed by atoms with van der Waals surface area (Å²) in [6.45, 7) is 1.66. The Balaban J connectivity index is 4.07. The van der Waals surface area contributed by atoms with Crippen LogP contribution >= 0.6 is 0 Å². The Morgan fingerprint density at radius 1 is 1.07 bits per heavy atom. The molecular formula is C5H14N10. The summed E-state index contributed by atoms with van der Waals surface area (Å²) in [6.07, 6.45) is 1.37. The molecule has 0 radical (unpaired) electrons. The highest BCUT2D eigenvalue weighted by Crippen LogP contribution is 1.69. The van der Waals surface area contributed by atoms with Crippen LogP contribution in [0.5, 0.6) is 0 Å². The number of hydrogen-bond donors (Lipinski definition) is 6. The molecule has 0 aliphatic rings. The van der Waals surface area contributed by atoms with E-state index in [1.165, 1.54) is 6.21 Å². The topological polar surface area (TPSA) is 178 Å². The summed E-state index contributed by atoms with van der Waals surface area (Å²) >= 11 is 0. The zero-order chi connectivity index (χ0) is 11.7. The van der Waals surface area contributed by atoms with Crippen molar-refractivity contribution in [1.82, 2.24) is 10.9 Å². The Hall–Kier alpha value is -2.52. The molecule has 0 atom stereocenters. The summed E-state index contributed by atoms with van der Waals surface area (Å²) in [5, 5.41) is 13.7. The molecule has 0 bridgehead atoms. The van der Waals surface area contributed by atoms with Crippen LogP contribution in [0.4, 0.5) is 0 Å². The van der Waals surface area contributed by atoms with Crippen LogP contribution in [0.1, 0.15) is 6.92 Å². The molecule has 0 heterocycles. The average Bonchev–Trinajstić information content (AvgIpc) is 2.25. The van der Waals surface area contributed by atoms with Crippen molar-refractivity contribution in [2.45, 2.75) is 6.92 Å². The first-order valence-electron chi connectivity index (χ1n) is 3.76. The van der Waals surface area contributed by atoms with Crippen LogP contribution in [0.2, 0.25) is 0 Å². The van der Waals surface area contributed by atoms with Gasteiger partial charge < -0.3 is 23.2 Å². The molecule has 0 aromatic heterocycles. The smallest absolute Gasteiger partial charge is 0.231 e. The normalized spacial score (nSPS) is 14.3. The van der Waals surface area contributed by atoms with Crippen LogP contribution in [0.25, 0.3) is 0 Å². The highest BCUT2D eigenvalue weighted by Gasteiger charge is 1.88. The molecule has 0 saturated carbocycles. The van der Waals surface area contributed by atoms with Gasteiger partial charge in [-0.05, 0) is 6.92 Å². The van der Waals surface area contributed by atoms with E-state index in [4.69, 9.17) is 23.2 Å². The third-order valence-corrected chi connectivity index (χ3v) is 1.06. The van der Waals surface area contributed by atoms with E-state index in [2.05, 4.69) is 31.3 Å². The van der Waals surface area contributed by atoms with Crippen LogP contribution < -0.4 is 34.0 Å². The van der Waals surface area contributed by atoms with Crippen molar-refractivity contribution >= 4 is 23.8 Å². The Labute approximate surface area is 86.1 Å². The van der Waals surface area contributed by atoms with Crippen molar-refractivity contribution in [2.24, 2.45) is 43.6 Å². The van der Waals surface area contributed by atoms with Crippen molar-refractivity contribution in [3.05, 3.63) is 0 Å². The maximum Gasteiger partial charge on any atom is 0.231 e. The van der Waals surface area contributed by atoms with E-state index in [0.717, 1.165) is 0 Å². The van der Waals surface area contributed by atoms with Gasteiger partial charge in [0.15, 0.2) is 0 Å². The molecule has 10 nitrogen and oxygen atoms in total. The van der Waals surface area contributed by atoms with Gasteiger partial charge in [0.25, 0.3) is 0 Å². The molecule has 0 spiro atoms. The molecule has 0 aromatic rings. The largest absolute Gasteiger partial charge is 0.367 e. The van der Waals surface area contributed by atoms with E-state index in [-0.39, 0.29) is 11.9 Å². The Kier molecular flexibility index (Phi) is 5.77. The third-order valence-electron chi connectivity index (χ3n) is 1.06. The molecule has 0 saturated heterocycles. The molecular weight excluding hydrogens is 200 g/mol. The van der Waals surface area contributed by atoms with Gasteiger partial charge in [0.2, 0.25) is 11.9 Å². The number of guanidine groups is 2. The Bertz CT molecular complexity index is 299. The molecule has 10 heteroatoms. The van der Waals surface area contributed by atoms with Gasteiger partial charge in [-0.15, -0.1) is 10.2 Å². The van der Waals surface area contributed by atoms with E-state index in [1.54, 1.807) is 6.92 Å². The van der Waals surface area contributed by atoms with Crippen molar-refractivity contribution < 1.29 is 0 Å². The fourth-order valence-corrected chi connectivity index (χ4v) is 0.424. The van der Waals surface area contributed by atoms with Crippen LogP contribution in [-0.2, 0) is 0 Å². The van der Waals surface area contributed by atoms with E-state index in [0.29, 0.717) is 5.71 Å². The summed E-state index contributed by atoms with van der Waals surface area (Å²) in [4.78, 5) is 0. The predicted molar refractivity (Wildman–Crippen MR) is 59.5 cm³/mol. The fourth-order valence-electron chi connectivity index (χ4n) is 0.424. The fraction of sp³-hybridized carbons (Fsp3) is 0.200. The number of hydrogen-bond acceptors (Lipinski definition) is 6. The lowest BCUT2D eigenvalue weighted by Crippen LogP contribution is -2.30. The maximum absolute atomic E-state index is 5.21. The third kappa shape index (κ3) is 6.62. The van der Waals surface area contributed by atoms with Gasteiger partial charge in [0.1, 0.15) is 0 Å². The summed E-state index contributed by atoms with van der Waals surface area (Å²) in [6, 6.07) is 0. The van der Waals surface area contributed by atoms with Crippen LogP contribution in [0.3, 0.4) is 0 Å². The molecule has 0 amide bonds. The minimum absolute atomic E-state index is 0.0151. The Morgan fingerprint density at radius 2 is 1.60 bits per heavy atom. The first kappa shape index (κ1) is 12.5. The van der Waals surface area contributed by atoms with Crippen LogP contribution in [0.15, 0.2) is 20.4 Å². The highest BCUT2D eigenvalue weighted by atomic mass is 15.4. The number of nitrogens with two attached hydrogens (primary N) is 4. The van der Waals surface area contributed by atoms with Crippen molar-refractivity contribution in [2.75, 3.05) is 0 Å². The lowest BCUT2D eigenvalue weighted by atomic mass is 10.5. The molecule has 0 fully saturated rings. The summed E-state index contributed by atoms with van der Waals surface area (Å²) in [5.41, 5.74) is 15.6. The number of hydrazone groups is 4. The zero-order valence-corrected chi connectivity index (χ0v) is 8.18. The van der Waals surface area contributed by atoms with Gasteiger partial charge in [0, 0.05) is 0 Å². The number of rotatable bonds is 3. The SMILES string of the molecule is CC(C=NNC(N)=NN)=NNC(N)=NN. The number of nitrogens with one attached hydrogen (secondary N) is 2. The lowest BCUT2D eigenvalue weighted by Gasteiger charge is -1.97. The van der Waals surface area contributed by atoms with E-state index >= 15 is 0 Å². The quantitative estimate of drug-likeness (QED) is 0.125. The second kappa shape index (κ2) is 6.94. The van der Waals surface area contributed by atoms with E-state index in [9.17, 15) is 0 Å². The number of nitrogens with zero attached hydrogens (tertiary/aromatic N) is 4.